The van der Waals surface area contributed by atoms with Crippen molar-refractivity contribution in [2.75, 3.05) is 6.54 Å². The van der Waals surface area contributed by atoms with Crippen molar-refractivity contribution < 1.29 is 0 Å². The van der Waals surface area contributed by atoms with Gasteiger partial charge in [-0.15, -0.1) is 6.42 Å². The summed E-state index contributed by atoms with van der Waals surface area (Å²) in [4.78, 5) is 28.4. The van der Waals surface area contributed by atoms with Gasteiger partial charge in [0.2, 0.25) is 0 Å². The second kappa shape index (κ2) is 8.17. The Morgan fingerprint density at radius 1 is 1.03 bits per heavy atom. The fraction of sp³-hybridized carbons (Fsp3) is 0.280. The molecule has 0 fully saturated rings. The maximum atomic E-state index is 13.3. The van der Waals surface area contributed by atoms with E-state index in [1.807, 2.05) is 55.5 Å². The van der Waals surface area contributed by atoms with E-state index in [9.17, 15) is 9.59 Å². The molecule has 2 heterocycles. The molecule has 1 aromatic heterocycles. The van der Waals surface area contributed by atoms with E-state index < -0.39 is 0 Å². The Balaban J connectivity index is 1.65. The zero-order chi connectivity index (χ0) is 21.3. The van der Waals surface area contributed by atoms with Crippen molar-refractivity contribution in [3.63, 3.8) is 0 Å². The fourth-order valence-corrected chi connectivity index (χ4v) is 4.08. The summed E-state index contributed by atoms with van der Waals surface area (Å²) in [6.45, 7) is 4.33. The SMILES string of the molecule is C#Cc1cccc(CN2CCc3c(c(=O)n(Cc4ccc(C)cc4)c(=O)n3C)C2)c1. The molecule has 1 aliphatic heterocycles. The lowest BCUT2D eigenvalue weighted by molar-refractivity contribution is 0.237. The second-order valence-electron chi connectivity index (χ2n) is 7.95. The van der Waals surface area contributed by atoms with Crippen molar-refractivity contribution in [1.82, 2.24) is 14.0 Å². The number of fused-ring (bicyclic) bond motifs is 1. The molecule has 3 aromatic rings. The molecular weight excluding hydrogens is 374 g/mol. The average molecular weight is 399 g/mol. The minimum Gasteiger partial charge on any atom is -0.300 e. The van der Waals surface area contributed by atoms with Gasteiger partial charge in [-0.1, -0.05) is 47.9 Å². The largest absolute Gasteiger partial charge is 0.331 e. The zero-order valence-electron chi connectivity index (χ0n) is 17.4. The predicted molar refractivity (Wildman–Crippen MR) is 118 cm³/mol. The first-order chi connectivity index (χ1) is 14.5. The average Bonchev–Trinajstić information content (AvgIpc) is 2.76. The minimum atomic E-state index is -0.255. The van der Waals surface area contributed by atoms with Gasteiger partial charge in [0.05, 0.1) is 12.1 Å². The summed E-state index contributed by atoms with van der Waals surface area (Å²) in [6, 6.07) is 15.8. The van der Waals surface area contributed by atoms with Crippen molar-refractivity contribution in [2.24, 2.45) is 7.05 Å². The Labute approximate surface area is 176 Å². The topological polar surface area (TPSA) is 47.2 Å². The quantitative estimate of drug-likeness (QED) is 0.633. The van der Waals surface area contributed by atoms with Crippen molar-refractivity contribution >= 4 is 0 Å². The third-order valence-corrected chi connectivity index (χ3v) is 5.78. The molecule has 0 unspecified atom stereocenters. The van der Waals surface area contributed by atoms with Crippen LogP contribution >= 0.6 is 0 Å². The summed E-state index contributed by atoms with van der Waals surface area (Å²) in [5.41, 5.74) is 5.19. The van der Waals surface area contributed by atoms with Crippen LogP contribution in [-0.2, 0) is 33.1 Å². The molecule has 1 aliphatic rings. The molecule has 0 bridgehead atoms. The molecule has 152 valence electrons. The number of hydrogen-bond donors (Lipinski definition) is 0. The van der Waals surface area contributed by atoms with Crippen LogP contribution in [0, 0.1) is 19.3 Å². The van der Waals surface area contributed by atoms with E-state index in [1.165, 1.54) is 4.57 Å². The Morgan fingerprint density at radius 3 is 2.53 bits per heavy atom. The summed E-state index contributed by atoms with van der Waals surface area (Å²) in [5.74, 6) is 2.67. The normalized spacial score (nSPS) is 13.6. The van der Waals surface area contributed by atoms with Crippen LogP contribution in [0.2, 0.25) is 0 Å². The number of nitrogens with zero attached hydrogens (tertiary/aromatic N) is 3. The molecule has 5 heteroatoms. The van der Waals surface area contributed by atoms with Crippen LogP contribution in [0.1, 0.15) is 33.5 Å². The Bertz CT molecular complexity index is 1240. The van der Waals surface area contributed by atoms with Crippen molar-refractivity contribution in [3.8, 4) is 12.3 Å². The lowest BCUT2D eigenvalue weighted by atomic mass is 10.0. The standard InChI is InChI=1S/C25H25N3O2/c1-4-19-6-5-7-21(14-19)15-27-13-12-23-22(17-27)24(29)28(25(30)26(23)3)16-20-10-8-18(2)9-11-20/h1,5-11,14H,12-13,15-17H2,2-3H3. The summed E-state index contributed by atoms with van der Waals surface area (Å²) in [7, 11) is 1.76. The molecule has 30 heavy (non-hydrogen) atoms. The maximum Gasteiger partial charge on any atom is 0.331 e. The number of aromatic nitrogens is 2. The number of benzene rings is 2. The Hall–Kier alpha value is -3.36. The summed E-state index contributed by atoms with van der Waals surface area (Å²) in [5, 5.41) is 0. The molecule has 0 N–H and O–H groups in total. The highest BCUT2D eigenvalue weighted by molar-refractivity contribution is 5.35. The van der Waals surface area contributed by atoms with Gasteiger partial charge in [0.1, 0.15) is 0 Å². The number of terminal acetylenes is 1. The first-order valence-corrected chi connectivity index (χ1v) is 10.1. The Morgan fingerprint density at radius 2 is 1.80 bits per heavy atom. The molecule has 0 atom stereocenters. The van der Waals surface area contributed by atoms with Crippen LogP contribution in [0.4, 0.5) is 0 Å². The number of rotatable bonds is 4. The van der Waals surface area contributed by atoms with E-state index in [1.54, 1.807) is 11.6 Å². The van der Waals surface area contributed by atoms with E-state index in [-0.39, 0.29) is 17.8 Å². The maximum absolute atomic E-state index is 13.3. The van der Waals surface area contributed by atoms with E-state index >= 15 is 0 Å². The van der Waals surface area contributed by atoms with Gasteiger partial charge in [0, 0.05) is 44.4 Å². The number of aryl methyl sites for hydroxylation is 1. The third kappa shape index (κ3) is 3.87. The fourth-order valence-electron chi connectivity index (χ4n) is 4.08. The first kappa shape index (κ1) is 19.9. The molecule has 0 aliphatic carbocycles. The minimum absolute atomic E-state index is 0.184. The van der Waals surface area contributed by atoms with Gasteiger partial charge in [-0.25, -0.2) is 4.79 Å². The first-order valence-electron chi connectivity index (χ1n) is 10.1. The molecule has 2 aromatic carbocycles. The summed E-state index contributed by atoms with van der Waals surface area (Å²) >= 11 is 0. The van der Waals surface area contributed by atoms with Gasteiger partial charge < -0.3 is 4.57 Å². The molecular formula is C25H25N3O2. The number of hydrogen-bond acceptors (Lipinski definition) is 3. The highest BCUT2D eigenvalue weighted by Crippen LogP contribution is 2.17. The highest BCUT2D eigenvalue weighted by Gasteiger charge is 2.24. The second-order valence-corrected chi connectivity index (χ2v) is 7.95. The predicted octanol–water partition coefficient (Wildman–Crippen LogP) is 2.44. The van der Waals surface area contributed by atoms with Crippen molar-refractivity contribution in [1.29, 1.82) is 0 Å². The zero-order valence-corrected chi connectivity index (χ0v) is 17.4. The van der Waals surface area contributed by atoms with Crippen LogP contribution in [-0.4, -0.2) is 20.6 Å². The van der Waals surface area contributed by atoms with Crippen LogP contribution in [0.3, 0.4) is 0 Å². The lowest BCUT2D eigenvalue weighted by Gasteiger charge is -2.30. The molecule has 0 amide bonds. The summed E-state index contributed by atoms with van der Waals surface area (Å²) in [6.07, 6.45) is 6.19. The highest BCUT2D eigenvalue weighted by atomic mass is 16.2. The molecule has 5 nitrogen and oxygen atoms in total. The Kier molecular flexibility index (Phi) is 5.43. The van der Waals surface area contributed by atoms with Crippen LogP contribution < -0.4 is 11.2 Å². The molecule has 0 spiro atoms. The monoisotopic (exact) mass is 399 g/mol. The van der Waals surface area contributed by atoms with Gasteiger partial charge in [-0.2, -0.15) is 0 Å². The smallest absolute Gasteiger partial charge is 0.300 e. The van der Waals surface area contributed by atoms with E-state index in [4.69, 9.17) is 6.42 Å². The van der Waals surface area contributed by atoms with Gasteiger partial charge in [-0.05, 0) is 30.2 Å². The van der Waals surface area contributed by atoms with E-state index in [0.29, 0.717) is 18.5 Å². The molecule has 0 saturated carbocycles. The molecule has 0 radical (unpaired) electrons. The van der Waals surface area contributed by atoms with Crippen molar-refractivity contribution in [2.45, 2.75) is 33.0 Å². The van der Waals surface area contributed by atoms with E-state index in [0.717, 1.165) is 41.0 Å². The van der Waals surface area contributed by atoms with Gasteiger partial charge in [-0.3, -0.25) is 14.3 Å². The van der Waals surface area contributed by atoms with Crippen LogP contribution in [0.25, 0.3) is 0 Å². The molecule has 4 rings (SSSR count). The molecule has 0 saturated heterocycles. The van der Waals surface area contributed by atoms with Gasteiger partial charge in [0.15, 0.2) is 0 Å². The summed E-state index contributed by atoms with van der Waals surface area (Å²) < 4.78 is 2.99. The van der Waals surface area contributed by atoms with E-state index in [2.05, 4.69) is 10.8 Å². The third-order valence-electron chi connectivity index (χ3n) is 5.78. The van der Waals surface area contributed by atoms with Crippen LogP contribution in [0.5, 0.6) is 0 Å². The van der Waals surface area contributed by atoms with Gasteiger partial charge in [0.25, 0.3) is 5.56 Å². The lowest BCUT2D eigenvalue weighted by Crippen LogP contribution is -2.47. The van der Waals surface area contributed by atoms with Gasteiger partial charge >= 0.3 is 5.69 Å². The van der Waals surface area contributed by atoms with Crippen LogP contribution in [0.15, 0.2) is 58.1 Å². The van der Waals surface area contributed by atoms with Crippen molar-refractivity contribution in [3.05, 3.63) is 103 Å².